The molecule has 1 N–H and O–H groups in total. The normalized spacial score (nSPS) is 14.4. The lowest BCUT2D eigenvalue weighted by atomic mass is 10.3. The average Bonchev–Trinajstić information content (AvgIpc) is 3.19. The van der Waals surface area contributed by atoms with Crippen LogP contribution in [0.1, 0.15) is 12.8 Å². The second kappa shape index (κ2) is 7.51. The molecular formula is C15H16ClN3O2S2. The Morgan fingerprint density at radius 2 is 2.13 bits per heavy atom. The lowest BCUT2D eigenvalue weighted by Crippen LogP contribution is -2.39. The van der Waals surface area contributed by atoms with Gasteiger partial charge in [-0.1, -0.05) is 23.4 Å². The molecule has 2 amide bonds. The molecule has 0 bridgehead atoms. The van der Waals surface area contributed by atoms with Gasteiger partial charge >= 0.3 is 0 Å². The van der Waals surface area contributed by atoms with Gasteiger partial charge in [-0.3, -0.25) is 9.59 Å². The van der Waals surface area contributed by atoms with Gasteiger partial charge in [-0.15, -0.1) is 11.3 Å². The van der Waals surface area contributed by atoms with Crippen LogP contribution in [0.25, 0.3) is 10.2 Å². The van der Waals surface area contributed by atoms with Gasteiger partial charge in [0.2, 0.25) is 11.8 Å². The summed E-state index contributed by atoms with van der Waals surface area (Å²) in [6.45, 7) is 1.68. The summed E-state index contributed by atoms with van der Waals surface area (Å²) in [6.07, 6.45) is 2.11. The van der Waals surface area contributed by atoms with Crippen molar-refractivity contribution in [3.8, 4) is 0 Å². The van der Waals surface area contributed by atoms with Crippen LogP contribution in [0.15, 0.2) is 22.5 Å². The van der Waals surface area contributed by atoms with E-state index >= 15 is 0 Å². The van der Waals surface area contributed by atoms with Crippen LogP contribution in [0.5, 0.6) is 0 Å². The van der Waals surface area contributed by atoms with Crippen LogP contribution in [0.3, 0.4) is 0 Å². The number of carbonyl (C=O) groups is 2. The Bertz CT molecular complexity index is 729. The number of amides is 2. The number of benzene rings is 1. The number of hydrogen-bond acceptors (Lipinski definition) is 5. The molecule has 2 heterocycles. The maximum absolute atomic E-state index is 11.9. The summed E-state index contributed by atoms with van der Waals surface area (Å²) in [6, 6.07) is 5.56. The van der Waals surface area contributed by atoms with Gasteiger partial charge in [0, 0.05) is 18.1 Å². The smallest absolute Gasteiger partial charge is 0.241 e. The molecule has 0 atom stereocenters. The zero-order valence-corrected chi connectivity index (χ0v) is 14.8. The molecule has 8 heteroatoms. The first kappa shape index (κ1) is 16.5. The Balaban J connectivity index is 1.47. The first-order chi connectivity index (χ1) is 11.1. The van der Waals surface area contributed by atoms with Gasteiger partial charge in [0.25, 0.3) is 0 Å². The van der Waals surface area contributed by atoms with Crippen LogP contribution in [-0.2, 0) is 9.59 Å². The number of nitrogens with one attached hydrogen (secondary N) is 1. The van der Waals surface area contributed by atoms with Crippen molar-refractivity contribution < 1.29 is 9.59 Å². The number of rotatable bonds is 5. The van der Waals surface area contributed by atoms with Crippen LogP contribution in [0.4, 0.5) is 0 Å². The highest BCUT2D eigenvalue weighted by Crippen LogP contribution is 2.30. The monoisotopic (exact) mass is 369 g/mol. The van der Waals surface area contributed by atoms with Crippen LogP contribution < -0.4 is 5.32 Å². The third-order valence-electron chi connectivity index (χ3n) is 3.55. The fourth-order valence-electron chi connectivity index (χ4n) is 2.37. The van der Waals surface area contributed by atoms with Crippen molar-refractivity contribution in [1.82, 2.24) is 15.2 Å². The van der Waals surface area contributed by atoms with Crippen molar-refractivity contribution in [3.05, 3.63) is 23.2 Å². The summed E-state index contributed by atoms with van der Waals surface area (Å²) in [7, 11) is 0. The van der Waals surface area contributed by atoms with Gasteiger partial charge < -0.3 is 10.2 Å². The highest BCUT2D eigenvalue weighted by atomic mass is 35.5. The fourth-order valence-corrected chi connectivity index (χ4v) is 4.42. The molecule has 5 nitrogen and oxygen atoms in total. The van der Waals surface area contributed by atoms with Gasteiger partial charge in [0.1, 0.15) is 0 Å². The predicted octanol–water partition coefficient (Wildman–Crippen LogP) is 2.78. The van der Waals surface area contributed by atoms with E-state index in [1.54, 1.807) is 4.90 Å². The number of thiazole rings is 1. The van der Waals surface area contributed by atoms with Crippen LogP contribution in [0.2, 0.25) is 5.02 Å². The van der Waals surface area contributed by atoms with Crippen molar-refractivity contribution in [2.24, 2.45) is 0 Å². The Labute approximate surface area is 147 Å². The van der Waals surface area contributed by atoms with Crippen molar-refractivity contribution >= 4 is 56.7 Å². The standard InChI is InChI=1S/C15H16ClN3O2S2/c16-10-3-4-12-11(7-10)18-15(23-12)22-9-13(20)17-8-14(21)19-5-1-2-6-19/h3-4,7H,1-2,5-6,8-9H2,(H,17,20). The number of halogens is 1. The van der Waals surface area contributed by atoms with Crippen LogP contribution in [-0.4, -0.2) is 47.1 Å². The summed E-state index contributed by atoms with van der Waals surface area (Å²) >= 11 is 8.84. The second-order valence-corrected chi connectivity index (χ2v) is 7.93. The third kappa shape index (κ3) is 4.37. The van der Waals surface area contributed by atoms with Crippen molar-refractivity contribution in [2.45, 2.75) is 17.2 Å². The maximum atomic E-state index is 11.9. The molecule has 23 heavy (non-hydrogen) atoms. The van der Waals surface area contributed by atoms with E-state index in [0.717, 1.165) is 40.5 Å². The number of thioether (sulfide) groups is 1. The number of likely N-dealkylation sites (tertiary alicyclic amines) is 1. The number of fused-ring (bicyclic) bond motifs is 1. The second-order valence-electron chi connectivity index (χ2n) is 5.25. The fraction of sp³-hybridized carbons (Fsp3) is 0.400. The SMILES string of the molecule is O=C(CSc1nc2cc(Cl)ccc2s1)NCC(=O)N1CCCC1. The zero-order chi connectivity index (χ0) is 16.2. The molecule has 2 aromatic rings. The Hall–Kier alpha value is -1.31. The quantitative estimate of drug-likeness (QED) is 0.823. The third-order valence-corrected chi connectivity index (χ3v) is 5.97. The van der Waals surface area contributed by atoms with E-state index in [0.29, 0.717) is 5.02 Å². The minimum absolute atomic E-state index is 0.00419. The molecule has 0 saturated carbocycles. The van der Waals surface area contributed by atoms with Crippen molar-refractivity contribution in [1.29, 1.82) is 0 Å². The van der Waals surface area contributed by atoms with Gasteiger partial charge in [0.05, 0.1) is 22.5 Å². The number of nitrogens with zero attached hydrogens (tertiary/aromatic N) is 2. The van der Waals surface area contributed by atoms with Crippen molar-refractivity contribution in [2.75, 3.05) is 25.4 Å². The van der Waals surface area contributed by atoms with Crippen molar-refractivity contribution in [3.63, 3.8) is 0 Å². The highest BCUT2D eigenvalue weighted by molar-refractivity contribution is 8.01. The average molecular weight is 370 g/mol. The molecule has 3 rings (SSSR count). The van der Waals surface area contributed by atoms with E-state index in [4.69, 9.17) is 11.6 Å². The number of aromatic nitrogens is 1. The molecule has 1 aliphatic heterocycles. The molecule has 1 aromatic heterocycles. The van der Waals surface area contributed by atoms with Crippen LogP contribution >= 0.6 is 34.7 Å². The van der Waals surface area contributed by atoms with E-state index in [1.807, 2.05) is 18.2 Å². The zero-order valence-electron chi connectivity index (χ0n) is 12.4. The molecule has 1 aliphatic rings. The number of hydrogen-bond donors (Lipinski definition) is 1. The predicted molar refractivity (Wildman–Crippen MR) is 94.2 cm³/mol. The van der Waals surface area contributed by atoms with Gasteiger partial charge in [-0.2, -0.15) is 0 Å². The molecule has 1 saturated heterocycles. The first-order valence-corrected chi connectivity index (χ1v) is 9.53. The molecule has 1 aromatic carbocycles. The summed E-state index contributed by atoms with van der Waals surface area (Å²) in [5.41, 5.74) is 0.842. The molecule has 1 fully saturated rings. The molecule has 0 radical (unpaired) electrons. The number of carbonyl (C=O) groups excluding carboxylic acids is 2. The molecule has 0 unspecified atom stereocenters. The van der Waals surface area contributed by atoms with E-state index < -0.39 is 0 Å². The molecular weight excluding hydrogens is 354 g/mol. The molecule has 122 valence electrons. The molecule has 0 aliphatic carbocycles. The van der Waals surface area contributed by atoms with Gasteiger partial charge in [-0.25, -0.2) is 4.98 Å². The topological polar surface area (TPSA) is 62.3 Å². The first-order valence-electron chi connectivity index (χ1n) is 7.35. The Morgan fingerprint density at radius 3 is 2.91 bits per heavy atom. The lowest BCUT2D eigenvalue weighted by Gasteiger charge is -2.15. The van der Waals surface area contributed by atoms with E-state index in [1.165, 1.54) is 23.1 Å². The van der Waals surface area contributed by atoms with Crippen LogP contribution in [0, 0.1) is 0 Å². The van der Waals surface area contributed by atoms with Gasteiger partial charge in [-0.05, 0) is 31.0 Å². The minimum atomic E-state index is -0.153. The Morgan fingerprint density at radius 1 is 1.35 bits per heavy atom. The summed E-state index contributed by atoms with van der Waals surface area (Å²) < 4.78 is 1.87. The summed E-state index contributed by atoms with van der Waals surface area (Å²) in [5, 5.41) is 3.33. The molecule has 0 spiro atoms. The van der Waals surface area contributed by atoms with Gasteiger partial charge in [0.15, 0.2) is 4.34 Å². The van der Waals surface area contributed by atoms with E-state index in [9.17, 15) is 9.59 Å². The summed E-state index contributed by atoms with van der Waals surface area (Å²) in [5.74, 6) is 0.0937. The van der Waals surface area contributed by atoms with E-state index in [2.05, 4.69) is 10.3 Å². The van der Waals surface area contributed by atoms with E-state index in [-0.39, 0.29) is 24.1 Å². The minimum Gasteiger partial charge on any atom is -0.346 e. The largest absolute Gasteiger partial charge is 0.346 e. The summed E-state index contributed by atoms with van der Waals surface area (Å²) in [4.78, 5) is 30.0. The lowest BCUT2D eigenvalue weighted by molar-refractivity contribution is -0.131. The highest BCUT2D eigenvalue weighted by Gasteiger charge is 2.18. The maximum Gasteiger partial charge on any atom is 0.241 e. The Kier molecular flexibility index (Phi) is 5.40.